The first kappa shape index (κ1) is 25.3. The van der Waals surface area contributed by atoms with Crippen LogP contribution in [0.3, 0.4) is 0 Å². The Bertz CT molecular complexity index is 1370. The number of benzene rings is 4. The Morgan fingerprint density at radius 3 is 2.38 bits per heavy atom. The summed E-state index contributed by atoms with van der Waals surface area (Å²) in [5, 5.41) is 16.3. The number of alkyl halides is 2. The van der Waals surface area contributed by atoms with Gasteiger partial charge in [-0.25, -0.2) is 8.78 Å². The summed E-state index contributed by atoms with van der Waals surface area (Å²) in [6, 6.07) is 25.6. The van der Waals surface area contributed by atoms with Gasteiger partial charge in [0.2, 0.25) is 0 Å². The van der Waals surface area contributed by atoms with Crippen LogP contribution in [0.2, 0.25) is 0 Å². The van der Waals surface area contributed by atoms with Crippen LogP contribution >= 0.6 is 0 Å². The van der Waals surface area contributed by atoms with Crippen LogP contribution in [0.4, 0.5) is 14.5 Å². The molecular formula is C33H35F2NO. The molecule has 0 spiro atoms. The summed E-state index contributed by atoms with van der Waals surface area (Å²) < 4.78 is 28.5. The fourth-order valence-electron chi connectivity index (χ4n) is 5.76. The van der Waals surface area contributed by atoms with Crippen molar-refractivity contribution in [2.45, 2.75) is 64.3 Å². The minimum Gasteiger partial charge on any atom is -0.508 e. The molecule has 2 nitrogen and oxygen atoms in total. The van der Waals surface area contributed by atoms with Crippen molar-refractivity contribution < 1.29 is 13.9 Å². The van der Waals surface area contributed by atoms with Crippen LogP contribution in [0.1, 0.15) is 67.3 Å². The van der Waals surface area contributed by atoms with Gasteiger partial charge in [0.25, 0.3) is 5.92 Å². The van der Waals surface area contributed by atoms with Crippen LogP contribution < -0.4 is 5.32 Å². The first-order chi connectivity index (χ1) is 17.8. The molecule has 0 aliphatic heterocycles. The van der Waals surface area contributed by atoms with Gasteiger partial charge >= 0.3 is 0 Å². The number of aromatic hydroxyl groups is 1. The van der Waals surface area contributed by atoms with E-state index < -0.39 is 5.92 Å². The Balaban J connectivity index is 1.38. The molecular weight excluding hydrogens is 464 g/mol. The number of hydrogen-bond acceptors (Lipinski definition) is 2. The monoisotopic (exact) mass is 499 g/mol. The molecule has 0 radical (unpaired) electrons. The average Bonchev–Trinajstić information content (AvgIpc) is 2.87. The lowest BCUT2D eigenvalue weighted by atomic mass is 9.87. The van der Waals surface area contributed by atoms with E-state index in [0.29, 0.717) is 17.2 Å². The second-order valence-corrected chi connectivity index (χ2v) is 10.8. The molecule has 4 heteroatoms. The Morgan fingerprint density at radius 2 is 1.62 bits per heavy atom. The summed E-state index contributed by atoms with van der Waals surface area (Å²) in [4.78, 5) is 0. The molecule has 2 atom stereocenters. The summed E-state index contributed by atoms with van der Waals surface area (Å²) >= 11 is 0. The molecule has 0 aromatic heterocycles. The third-order valence-corrected chi connectivity index (χ3v) is 7.70. The summed E-state index contributed by atoms with van der Waals surface area (Å²) in [5.74, 6) is -2.03. The third kappa shape index (κ3) is 5.95. The van der Waals surface area contributed by atoms with Gasteiger partial charge in [-0.05, 0) is 70.8 Å². The number of rotatable bonds is 7. The van der Waals surface area contributed by atoms with Crippen molar-refractivity contribution in [3.05, 3.63) is 107 Å². The fraction of sp³-hybridized carbons (Fsp3) is 0.333. The average molecular weight is 500 g/mol. The summed E-state index contributed by atoms with van der Waals surface area (Å²) in [6.45, 7) is 3.26. The predicted octanol–water partition coefficient (Wildman–Crippen LogP) is 8.83. The van der Waals surface area contributed by atoms with Crippen LogP contribution in [-0.2, 0) is 18.8 Å². The zero-order valence-electron chi connectivity index (χ0n) is 21.6. The van der Waals surface area contributed by atoms with Crippen molar-refractivity contribution in [1.29, 1.82) is 0 Å². The second kappa shape index (κ2) is 10.5. The van der Waals surface area contributed by atoms with Crippen molar-refractivity contribution in [1.82, 2.24) is 0 Å². The van der Waals surface area contributed by atoms with Gasteiger partial charge < -0.3 is 10.4 Å². The number of halogens is 2. The van der Waals surface area contributed by atoms with Crippen molar-refractivity contribution >= 4 is 16.5 Å². The number of phenols is 1. The Morgan fingerprint density at radius 1 is 0.892 bits per heavy atom. The van der Waals surface area contributed by atoms with Gasteiger partial charge in [0.15, 0.2) is 0 Å². The highest BCUT2D eigenvalue weighted by atomic mass is 19.3. The molecule has 1 fully saturated rings. The molecule has 1 aliphatic carbocycles. The zero-order chi connectivity index (χ0) is 26.0. The molecule has 1 saturated carbocycles. The standard InChI is InChI=1S/C33H35F2NO/c1-22-6-5-8-28(18-22)36-27-15-11-23(12-16-27)19-24-10-13-25-14-17-32(37)30(29(25)20-24)21-26-7-3-4-9-31(26)33(2,34)35/h3-4,7,9-17,20,22,28,36-37H,5-6,8,18-19,21H2,1-2H3. The Hall–Kier alpha value is -3.40. The number of anilines is 1. The molecule has 2 unspecified atom stereocenters. The van der Waals surface area contributed by atoms with Crippen molar-refractivity contribution in [3.63, 3.8) is 0 Å². The first-order valence-electron chi connectivity index (χ1n) is 13.3. The summed E-state index contributed by atoms with van der Waals surface area (Å²) in [5.41, 5.74) is 4.70. The van der Waals surface area contributed by atoms with Gasteiger partial charge in [-0.15, -0.1) is 0 Å². The quantitative estimate of drug-likeness (QED) is 0.266. The van der Waals surface area contributed by atoms with Gasteiger partial charge in [-0.3, -0.25) is 0 Å². The summed E-state index contributed by atoms with van der Waals surface area (Å²) in [7, 11) is 0. The maximum absolute atomic E-state index is 14.2. The number of nitrogens with one attached hydrogen (secondary N) is 1. The van der Waals surface area contributed by atoms with Gasteiger partial charge in [-0.1, -0.05) is 80.4 Å². The molecule has 1 aliphatic rings. The van der Waals surface area contributed by atoms with E-state index in [0.717, 1.165) is 35.6 Å². The molecule has 0 heterocycles. The van der Waals surface area contributed by atoms with E-state index in [2.05, 4.69) is 48.6 Å². The van der Waals surface area contributed by atoms with Crippen LogP contribution in [-0.4, -0.2) is 11.1 Å². The van der Waals surface area contributed by atoms with Crippen molar-refractivity contribution in [2.75, 3.05) is 5.32 Å². The molecule has 4 aromatic rings. The first-order valence-corrected chi connectivity index (χ1v) is 13.3. The molecule has 192 valence electrons. The number of fused-ring (bicyclic) bond motifs is 1. The zero-order valence-corrected chi connectivity index (χ0v) is 21.6. The van der Waals surface area contributed by atoms with Gasteiger partial charge in [0, 0.05) is 36.2 Å². The molecule has 0 saturated heterocycles. The highest BCUT2D eigenvalue weighted by molar-refractivity contribution is 5.88. The topological polar surface area (TPSA) is 32.3 Å². The van der Waals surface area contributed by atoms with E-state index in [9.17, 15) is 13.9 Å². The highest BCUT2D eigenvalue weighted by Crippen LogP contribution is 2.35. The lowest BCUT2D eigenvalue weighted by molar-refractivity contribution is 0.0166. The van der Waals surface area contributed by atoms with E-state index in [1.165, 1.54) is 43.0 Å². The lowest BCUT2D eigenvalue weighted by Gasteiger charge is -2.28. The highest BCUT2D eigenvalue weighted by Gasteiger charge is 2.27. The SMILES string of the molecule is CC1CCCC(Nc2ccc(Cc3ccc4ccc(O)c(Cc5ccccc5C(C)(F)F)c4c3)cc2)C1. The van der Waals surface area contributed by atoms with E-state index >= 15 is 0 Å². The van der Waals surface area contributed by atoms with Crippen molar-refractivity contribution in [3.8, 4) is 5.75 Å². The Labute approximate surface area is 218 Å². The second-order valence-electron chi connectivity index (χ2n) is 10.8. The fourth-order valence-corrected chi connectivity index (χ4v) is 5.76. The maximum Gasteiger partial charge on any atom is 0.270 e. The molecule has 2 N–H and O–H groups in total. The largest absolute Gasteiger partial charge is 0.508 e. The smallest absolute Gasteiger partial charge is 0.270 e. The third-order valence-electron chi connectivity index (χ3n) is 7.70. The predicted molar refractivity (Wildman–Crippen MR) is 149 cm³/mol. The van der Waals surface area contributed by atoms with Gasteiger partial charge in [0.05, 0.1) is 0 Å². The lowest BCUT2D eigenvalue weighted by Crippen LogP contribution is -2.26. The minimum absolute atomic E-state index is 0.000981. The number of hydrogen-bond donors (Lipinski definition) is 2. The maximum atomic E-state index is 14.2. The van der Waals surface area contributed by atoms with Crippen LogP contribution in [0, 0.1) is 5.92 Å². The Kier molecular flexibility index (Phi) is 7.19. The minimum atomic E-state index is -2.95. The van der Waals surface area contributed by atoms with E-state index in [4.69, 9.17) is 0 Å². The van der Waals surface area contributed by atoms with E-state index in [1.807, 2.05) is 12.1 Å². The molecule has 5 rings (SSSR count). The number of phenolic OH excluding ortho intramolecular Hbond substituents is 1. The molecule has 0 amide bonds. The van der Waals surface area contributed by atoms with Gasteiger partial charge in [0.1, 0.15) is 5.75 Å². The van der Waals surface area contributed by atoms with Crippen molar-refractivity contribution in [2.24, 2.45) is 5.92 Å². The van der Waals surface area contributed by atoms with Crippen LogP contribution in [0.25, 0.3) is 10.8 Å². The van der Waals surface area contributed by atoms with Crippen LogP contribution in [0.15, 0.2) is 78.9 Å². The van der Waals surface area contributed by atoms with Gasteiger partial charge in [-0.2, -0.15) is 0 Å². The van der Waals surface area contributed by atoms with E-state index in [-0.39, 0.29) is 17.7 Å². The molecule has 4 aromatic carbocycles. The molecule has 0 bridgehead atoms. The summed E-state index contributed by atoms with van der Waals surface area (Å²) in [6.07, 6.45) is 6.09. The molecule has 37 heavy (non-hydrogen) atoms. The normalized spacial score (nSPS) is 18.2. The van der Waals surface area contributed by atoms with E-state index in [1.54, 1.807) is 24.3 Å². The van der Waals surface area contributed by atoms with Crippen LogP contribution in [0.5, 0.6) is 5.75 Å².